The van der Waals surface area contributed by atoms with Crippen LogP contribution in [0.25, 0.3) is 0 Å². The first-order valence-corrected chi connectivity index (χ1v) is 5.80. The molecule has 5 N–H and O–H groups in total. The van der Waals surface area contributed by atoms with Crippen molar-refractivity contribution in [3.63, 3.8) is 0 Å². The molecule has 1 aromatic carbocycles. The van der Waals surface area contributed by atoms with E-state index in [-0.39, 0.29) is 12.2 Å². The quantitative estimate of drug-likeness (QED) is 0.351. The first-order chi connectivity index (χ1) is 6.92. The Kier molecular flexibility index (Phi) is 3.38. The van der Waals surface area contributed by atoms with E-state index in [4.69, 9.17) is 16.8 Å². The summed E-state index contributed by atoms with van der Waals surface area (Å²) in [6.07, 6.45) is 5.35. The summed E-state index contributed by atoms with van der Waals surface area (Å²) < 4.78 is 10.9. The fraction of sp³-hybridized carbons (Fsp3) is 0.111. The highest BCUT2D eigenvalue weighted by molar-refractivity contribution is 7.57. The van der Waals surface area contributed by atoms with Gasteiger partial charge in [-0.1, -0.05) is 0 Å². The summed E-state index contributed by atoms with van der Waals surface area (Å²) in [5.74, 6) is 2.41. The fourth-order valence-electron chi connectivity index (χ4n) is 1.12. The van der Waals surface area contributed by atoms with Gasteiger partial charge in [-0.25, -0.2) is 10.1 Å². The number of phenols is 1. The summed E-state index contributed by atoms with van der Waals surface area (Å²) in [6.45, 7) is 0. The van der Waals surface area contributed by atoms with Crippen LogP contribution in [-0.4, -0.2) is 10.00 Å². The fourth-order valence-corrected chi connectivity index (χ4v) is 1.68. The van der Waals surface area contributed by atoms with Crippen LogP contribution in [-0.2, 0) is 11.0 Å². The molecule has 0 saturated carbocycles. The van der Waals surface area contributed by atoms with Crippen molar-refractivity contribution in [2.24, 2.45) is 5.50 Å². The Morgan fingerprint density at radius 1 is 1.60 bits per heavy atom. The number of anilines is 1. The van der Waals surface area contributed by atoms with E-state index in [0.29, 0.717) is 11.3 Å². The van der Waals surface area contributed by atoms with Gasteiger partial charge in [0, 0.05) is 12.1 Å². The smallest absolute Gasteiger partial charge is 0.360 e. The maximum Gasteiger partial charge on any atom is 0.360 e. The number of hydrogen-bond acceptors (Lipinski definition) is 2. The summed E-state index contributed by atoms with van der Waals surface area (Å²) in [5.41, 5.74) is 5.84. The number of benzene rings is 1. The van der Waals surface area contributed by atoms with Crippen LogP contribution in [0.1, 0.15) is 5.56 Å². The van der Waals surface area contributed by atoms with Crippen LogP contribution in [0.2, 0.25) is 0 Å². The standard InChI is InChI=1S/C9H11N2O3P/c1-2-3-7-6-8(12)4-5-9(7)11-15(10,13)14/h1,4-6,12H,3H2,(H4,10,11,13,14). The summed E-state index contributed by atoms with van der Waals surface area (Å²) in [7, 11) is -3.85. The van der Waals surface area contributed by atoms with E-state index in [1.807, 2.05) is 0 Å². The molecule has 1 unspecified atom stereocenters. The lowest BCUT2D eigenvalue weighted by Crippen LogP contribution is -2.05. The molecule has 0 aliphatic heterocycles. The van der Waals surface area contributed by atoms with Crippen molar-refractivity contribution in [1.29, 1.82) is 0 Å². The Bertz CT molecular complexity index is 447. The molecule has 15 heavy (non-hydrogen) atoms. The van der Waals surface area contributed by atoms with Gasteiger partial charge < -0.3 is 15.1 Å². The number of hydrogen-bond donors (Lipinski definition) is 4. The average Bonchev–Trinajstić information content (AvgIpc) is 2.08. The zero-order valence-corrected chi connectivity index (χ0v) is 8.74. The first kappa shape index (κ1) is 11.6. The highest BCUT2D eigenvalue weighted by Gasteiger charge is 2.12. The van der Waals surface area contributed by atoms with Crippen LogP contribution < -0.4 is 10.6 Å². The molecule has 0 bridgehead atoms. The van der Waals surface area contributed by atoms with Crippen LogP contribution >= 0.6 is 7.67 Å². The highest BCUT2D eigenvalue weighted by atomic mass is 31.2. The van der Waals surface area contributed by atoms with Gasteiger partial charge in [-0.05, 0) is 23.8 Å². The van der Waals surface area contributed by atoms with E-state index >= 15 is 0 Å². The number of phenolic OH excluding ortho intramolecular Hbond substituents is 1. The Morgan fingerprint density at radius 3 is 2.80 bits per heavy atom. The molecule has 1 rings (SSSR count). The lowest BCUT2D eigenvalue weighted by atomic mass is 10.1. The van der Waals surface area contributed by atoms with Gasteiger partial charge in [0.2, 0.25) is 0 Å². The second kappa shape index (κ2) is 4.37. The summed E-state index contributed by atoms with van der Waals surface area (Å²) in [6, 6.07) is 4.23. The predicted octanol–water partition coefficient (Wildman–Crippen LogP) is 1.04. The molecule has 1 atom stereocenters. The van der Waals surface area contributed by atoms with E-state index in [1.54, 1.807) is 0 Å². The lowest BCUT2D eigenvalue weighted by Gasteiger charge is -2.12. The Labute approximate surface area is 87.5 Å². The third-order valence-electron chi connectivity index (χ3n) is 1.66. The van der Waals surface area contributed by atoms with Crippen molar-refractivity contribution in [3.05, 3.63) is 23.8 Å². The van der Waals surface area contributed by atoms with E-state index in [2.05, 4.69) is 11.0 Å². The van der Waals surface area contributed by atoms with Gasteiger partial charge in [0.1, 0.15) is 5.75 Å². The molecule has 0 heterocycles. The topological polar surface area (TPSA) is 95.6 Å². The van der Waals surface area contributed by atoms with Gasteiger partial charge in [-0.2, -0.15) is 0 Å². The molecular formula is C9H11N2O3P. The van der Waals surface area contributed by atoms with Gasteiger partial charge in [-0.15, -0.1) is 12.3 Å². The van der Waals surface area contributed by atoms with Crippen molar-refractivity contribution < 1.29 is 14.6 Å². The van der Waals surface area contributed by atoms with E-state index in [0.717, 1.165) is 0 Å². The van der Waals surface area contributed by atoms with Crippen LogP contribution in [0.5, 0.6) is 5.75 Å². The Balaban J connectivity index is 3.07. The second-order valence-electron chi connectivity index (χ2n) is 2.96. The van der Waals surface area contributed by atoms with Crippen molar-refractivity contribution in [2.75, 3.05) is 5.09 Å². The Hall–Kier alpha value is -1.47. The van der Waals surface area contributed by atoms with Crippen LogP contribution in [0.15, 0.2) is 18.2 Å². The molecule has 1 aromatic rings. The SMILES string of the molecule is C#CCc1cc(O)ccc1NP(N)(=O)O. The zero-order valence-electron chi connectivity index (χ0n) is 7.84. The van der Waals surface area contributed by atoms with Crippen molar-refractivity contribution in [3.8, 4) is 18.1 Å². The van der Waals surface area contributed by atoms with Gasteiger partial charge in [-0.3, -0.25) is 0 Å². The second-order valence-corrected chi connectivity index (χ2v) is 4.43. The van der Waals surface area contributed by atoms with Gasteiger partial charge in [0.15, 0.2) is 0 Å². The van der Waals surface area contributed by atoms with Crippen LogP contribution in [0.3, 0.4) is 0 Å². The lowest BCUT2D eigenvalue weighted by molar-refractivity contribution is 0.474. The van der Waals surface area contributed by atoms with Gasteiger partial charge in [0.25, 0.3) is 0 Å². The number of nitrogens with two attached hydrogens (primary N) is 1. The van der Waals surface area contributed by atoms with E-state index in [1.165, 1.54) is 18.2 Å². The number of terminal acetylenes is 1. The molecule has 80 valence electrons. The summed E-state index contributed by atoms with van der Waals surface area (Å²) in [5, 5.41) is 11.4. The molecule has 0 aromatic heterocycles. The van der Waals surface area contributed by atoms with Crippen molar-refractivity contribution in [2.45, 2.75) is 6.42 Å². The van der Waals surface area contributed by atoms with Gasteiger partial charge in [0.05, 0.1) is 0 Å². The maximum absolute atomic E-state index is 10.9. The minimum absolute atomic E-state index is 0.0376. The minimum atomic E-state index is -3.85. The number of rotatable bonds is 3. The molecule has 6 heteroatoms. The van der Waals surface area contributed by atoms with Crippen LogP contribution in [0, 0.1) is 12.3 Å². The number of nitrogens with one attached hydrogen (secondary N) is 1. The average molecular weight is 226 g/mol. The van der Waals surface area contributed by atoms with E-state index < -0.39 is 7.67 Å². The molecule has 0 saturated heterocycles. The first-order valence-electron chi connectivity index (χ1n) is 4.07. The van der Waals surface area contributed by atoms with Crippen molar-refractivity contribution in [1.82, 2.24) is 0 Å². The molecule has 0 amide bonds. The van der Waals surface area contributed by atoms with Crippen LogP contribution in [0.4, 0.5) is 5.69 Å². The highest BCUT2D eigenvalue weighted by Crippen LogP contribution is 2.34. The summed E-state index contributed by atoms with van der Waals surface area (Å²) >= 11 is 0. The molecule has 0 spiro atoms. The Morgan fingerprint density at radius 2 is 2.27 bits per heavy atom. The van der Waals surface area contributed by atoms with E-state index in [9.17, 15) is 9.67 Å². The molecule has 5 nitrogen and oxygen atoms in total. The largest absolute Gasteiger partial charge is 0.508 e. The molecule has 0 radical (unpaired) electrons. The zero-order chi connectivity index (χ0) is 11.5. The molecule has 0 fully saturated rings. The third-order valence-corrected chi connectivity index (χ3v) is 2.22. The minimum Gasteiger partial charge on any atom is -0.508 e. The monoisotopic (exact) mass is 226 g/mol. The molecular weight excluding hydrogens is 215 g/mol. The predicted molar refractivity (Wildman–Crippen MR) is 58.3 cm³/mol. The van der Waals surface area contributed by atoms with Crippen molar-refractivity contribution >= 4 is 13.4 Å². The number of aromatic hydroxyl groups is 1. The maximum atomic E-state index is 10.9. The molecule has 0 aliphatic carbocycles. The third kappa shape index (κ3) is 3.64. The molecule has 0 aliphatic rings. The normalized spacial score (nSPS) is 13.9. The van der Waals surface area contributed by atoms with Gasteiger partial charge >= 0.3 is 7.67 Å². The summed E-state index contributed by atoms with van der Waals surface area (Å²) in [4.78, 5) is 8.94.